The first-order valence-electron chi connectivity index (χ1n) is 11.4. The molecule has 0 radical (unpaired) electrons. The zero-order chi connectivity index (χ0) is 25.2. The second-order valence-electron chi connectivity index (χ2n) is 8.53. The third kappa shape index (κ3) is 5.41. The highest BCUT2D eigenvalue weighted by Gasteiger charge is 2.31. The minimum Gasteiger partial charge on any atom is -0.497 e. The van der Waals surface area contributed by atoms with Gasteiger partial charge in [0.25, 0.3) is 0 Å². The fourth-order valence-electron chi connectivity index (χ4n) is 4.35. The van der Waals surface area contributed by atoms with Gasteiger partial charge in [-0.1, -0.05) is 6.07 Å². The van der Waals surface area contributed by atoms with Gasteiger partial charge in [-0.3, -0.25) is 4.79 Å². The van der Waals surface area contributed by atoms with Crippen molar-refractivity contribution in [2.75, 3.05) is 38.2 Å². The SMILES string of the molecule is COc1cccc(-n2nc(C)c(CCC(=O)N3CCN(c4ccc(C(F)(F)F)cn4)CC3)c2C)c1. The van der Waals surface area contributed by atoms with Crippen molar-refractivity contribution in [1.29, 1.82) is 0 Å². The van der Waals surface area contributed by atoms with Crippen LogP contribution in [0.1, 0.15) is 28.9 Å². The Bertz CT molecular complexity index is 1180. The number of ether oxygens (including phenoxy) is 1. The van der Waals surface area contributed by atoms with Crippen LogP contribution < -0.4 is 9.64 Å². The van der Waals surface area contributed by atoms with Gasteiger partial charge in [0, 0.05) is 50.6 Å². The van der Waals surface area contributed by atoms with Gasteiger partial charge >= 0.3 is 6.18 Å². The van der Waals surface area contributed by atoms with Crippen LogP contribution in [0.2, 0.25) is 0 Å². The molecule has 0 atom stereocenters. The van der Waals surface area contributed by atoms with Gasteiger partial charge in [-0.15, -0.1) is 0 Å². The number of alkyl halides is 3. The van der Waals surface area contributed by atoms with Crippen LogP contribution in [0.5, 0.6) is 5.75 Å². The van der Waals surface area contributed by atoms with Gasteiger partial charge in [0.15, 0.2) is 0 Å². The molecular formula is C25H28F3N5O2. The summed E-state index contributed by atoms with van der Waals surface area (Å²) < 4.78 is 45.5. The van der Waals surface area contributed by atoms with Crippen LogP contribution >= 0.6 is 0 Å². The molecule has 0 aliphatic carbocycles. The molecule has 3 heterocycles. The third-order valence-corrected chi connectivity index (χ3v) is 6.36. The highest BCUT2D eigenvalue weighted by Crippen LogP contribution is 2.29. The average Bonchev–Trinajstić information content (AvgIpc) is 3.15. The topological polar surface area (TPSA) is 63.5 Å². The zero-order valence-electron chi connectivity index (χ0n) is 20.0. The minimum atomic E-state index is -4.40. The summed E-state index contributed by atoms with van der Waals surface area (Å²) in [7, 11) is 1.62. The summed E-state index contributed by atoms with van der Waals surface area (Å²) in [4.78, 5) is 20.5. The molecule has 3 aromatic rings. The maximum atomic E-state index is 12.9. The Labute approximate surface area is 202 Å². The molecule has 0 bridgehead atoms. The summed E-state index contributed by atoms with van der Waals surface area (Å²) >= 11 is 0. The van der Waals surface area contributed by atoms with Crippen molar-refractivity contribution in [3.8, 4) is 11.4 Å². The molecule has 0 unspecified atom stereocenters. The Hall–Kier alpha value is -3.56. The molecule has 0 spiro atoms. The number of carbonyl (C=O) groups is 1. The summed E-state index contributed by atoms with van der Waals surface area (Å²) in [6.07, 6.45) is -2.60. The lowest BCUT2D eigenvalue weighted by molar-refractivity contribution is -0.137. The Balaban J connectivity index is 1.34. The third-order valence-electron chi connectivity index (χ3n) is 6.36. The lowest BCUT2D eigenvalue weighted by atomic mass is 10.1. The van der Waals surface area contributed by atoms with Crippen molar-refractivity contribution in [3.63, 3.8) is 0 Å². The number of hydrogen-bond acceptors (Lipinski definition) is 5. The van der Waals surface area contributed by atoms with E-state index in [1.54, 1.807) is 12.0 Å². The quantitative estimate of drug-likeness (QED) is 0.522. The average molecular weight is 488 g/mol. The Morgan fingerprint density at radius 3 is 2.46 bits per heavy atom. The number of carbonyl (C=O) groups excluding carboxylic acids is 1. The van der Waals surface area contributed by atoms with E-state index in [-0.39, 0.29) is 5.91 Å². The number of aromatic nitrogens is 3. The first-order valence-corrected chi connectivity index (χ1v) is 11.4. The number of rotatable bonds is 6. The van der Waals surface area contributed by atoms with E-state index in [1.807, 2.05) is 47.7 Å². The summed E-state index contributed by atoms with van der Waals surface area (Å²) in [6, 6.07) is 10.1. The standard InChI is InChI=1S/C25H28F3N5O2/c1-17-22(18(2)33(30-17)20-5-4-6-21(15-20)35-3)8-10-24(34)32-13-11-31(12-14-32)23-9-7-19(16-29-23)25(26,27)28/h4-7,9,15-16H,8,10-14H2,1-3H3. The van der Waals surface area contributed by atoms with Gasteiger partial charge in [-0.05, 0) is 50.1 Å². The first kappa shape index (κ1) is 24.6. The molecule has 35 heavy (non-hydrogen) atoms. The monoisotopic (exact) mass is 487 g/mol. The molecule has 1 aliphatic rings. The summed E-state index contributed by atoms with van der Waals surface area (Å²) in [5.41, 5.74) is 3.05. The van der Waals surface area contributed by atoms with E-state index in [0.717, 1.165) is 40.7 Å². The number of aryl methyl sites for hydroxylation is 1. The fourth-order valence-corrected chi connectivity index (χ4v) is 4.35. The first-order chi connectivity index (χ1) is 16.7. The normalized spacial score (nSPS) is 14.3. The van der Waals surface area contributed by atoms with Crippen molar-refractivity contribution in [2.24, 2.45) is 0 Å². The molecule has 1 aliphatic heterocycles. The van der Waals surface area contributed by atoms with Crippen LogP contribution in [0.25, 0.3) is 5.69 Å². The predicted octanol–water partition coefficient (Wildman–Crippen LogP) is 4.19. The van der Waals surface area contributed by atoms with Crippen molar-refractivity contribution in [3.05, 3.63) is 65.1 Å². The van der Waals surface area contributed by atoms with Gasteiger partial charge in [0.1, 0.15) is 11.6 Å². The number of methoxy groups -OCH3 is 1. The molecule has 7 nitrogen and oxygen atoms in total. The molecule has 2 aromatic heterocycles. The number of piperazine rings is 1. The van der Waals surface area contributed by atoms with E-state index < -0.39 is 11.7 Å². The van der Waals surface area contributed by atoms with Crippen LogP contribution in [-0.2, 0) is 17.4 Å². The van der Waals surface area contributed by atoms with E-state index in [9.17, 15) is 18.0 Å². The van der Waals surface area contributed by atoms with Crippen LogP contribution in [0, 0.1) is 13.8 Å². The summed E-state index contributed by atoms with van der Waals surface area (Å²) in [6.45, 7) is 5.99. The van der Waals surface area contributed by atoms with Gasteiger partial charge in [0.2, 0.25) is 5.91 Å². The van der Waals surface area contributed by atoms with Crippen LogP contribution in [-0.4, -0.2) is 58.9 Å². The second-order valence-corrected chi connectivity index (χ2v) is 8.53. The van der Waals surface area contributed by atoms with E-state index in [1.165, 1.54) is 6.07 Å². The molecule has 186 valence electrons. The molecule has 0 saturated carbocycles. The van der Waals surface area contributed by atoms with Crippen LogP contribution in [0.3, 0.4) is 0 Å². The number of halogens is 3. The molecular weight excluding hydrogens is 459 g/mol. The molecule has 10 heteroatoms. The molecule has 1 amide bonds. The van der Waals surface area contributed by atoms with Gasteiger partial charge < -0.3 is 14.5 Å². The van der Waals surface area contributed by atoms with Crippen molar-refractivity contribution < 1.29 is 22.7 Å². The Morgan fingerprint density at radius 2 is 1.83 bits per heavy atom. The number of benzene rings is 1. The molecule has 4 rings (SSSR count). The van der Waals surface area contributed by atoms with E-state index in [0.29, 0.717) is 44.8 Å². The maximum absolute atomic E-state index is 12.9. The zero-order valence-corrected chi connectivity index (χ0v) is 20.0. The fraction of sp³-hybridized carbons (Fsp3) is 0.400. The van der Waals surface area contributed by atoms with Crippen molar-refractivity contribution in [2.45, 2.75) is 32.9 Å². The summed E-state index contributed by atoms with van der Waals surface area (Å²) in [5, 5.41) is 4.66. The van der Waals surface area contributed by atoms with E-state index >= 15 is 0 Å². The van der Waals surface area contributed by atoms with Gasteiger partial charge in [-0.25, -0.2) is 9.67 Å². The highest BCUT2D eigenvalue weighted by atomic mass is 19.4. The van der Waals surface area contributed by atoms with Crippen molar-refractivity contribution >= 4 is 11.7 Å². The van der Waals surface area contributed by atoms with Crippen LogP contribution in [0.15, 0.2) is 42.6 Å². The number of anilines is 1. The Morgan fingerprint density at radius 1 is 1.09 bits per heavy atom. The lowest BCUT2D eigenvalue weighted by Crippen LogP contribution is -2.49. The van der Waals surface area contributed by atoms with E-state index in [4.69, 9.17) is 4.74 Å². The molecule has 0 N–H and O–H groups in total. The smallest absolute Gasteiger partial charge is 0.417 e. The largest absolute Gasteiger partial charge is 0.497 e. The lowest BCUT2D eigenvalue weighted by Gasteiger charge is -2.35. The predicted molar refractivity (Wildman–Crippen MR) is 126 cm³/mol. The number of amides is 1. The Kier molecular flexibility index (Phi) is 7.00. The van der Waals surface area contributed by atoms with Gasteiger partial charge in [0.05, 0.1) is 24.1 Å². The minimum absolute atomic E-state index is 0.0537. The van der Waals surface area contributed by atoms with Gasteiger partial charge in [-0.2, -0.15) is 18.3 Å². The second kappa shape index (κ2) is 9.97. The molecule has 1 fully saturated rings. The van der Waals surface area contributed by atoms with Crippen LogP contribution in [0.4, 0.5) is 19.0 Å². The highest BCUT2D eigenvalue weighted by molar-refractivity contribution is 5.77. The number of nitrogens with zero attached hydrogens (tertiary/aromatic N) is 5. The number of hydrogen-bond donors (Lipinski definition) is 0. The maximum Gasteiger partial charge on any atom is 0.417 e. The summed E-state index contributed by atoms with van der Waals surface area (Å²) in [5.74, 6) is 1.29. The molecule has 1 aromatic carbocycles. The van der Waals surface area contributed by atoms with Crippen molar-refractivity contribution in [1.82, 2.24) is 19.7 Å². The molecule has 1 saturated heterocycles. The number of pyridine rings is 1. The van der Waals surface area contributed by atoms with E-state index in [2.05, 4.69) is 10.1 Å².